The molecule has 0 saturated carbocycles. The van der Waals surface area contributed by atoms with E-state index >= 15 is 0 Å². The van der Waals surface area contributed by atoms with Gasteiger partial charge in [0.15, 0.2) is 5.78 Å². The molecule has 0 N–H and O–H groups in total. The molecule has 0 heterocycles. The predicted molar refractivity (Wildman–Crippen MR) is 66.5 cm³/mol. The minimum absolute atomic E-state index is 0.0377. The molecule has 0 aliphatic carbocycles. The van der Waals surface area contributed by atoms with Crippen molar-refractivity contribution in [2.45, 2.75) is 48.0 Å². The molecular formula is C13H23NO. The van der Waals surface area contributed by atoms with Crippen molar-refractivity contribution in [1.29, 1.82) is 5.26 Å². The van der Waals surface area contributed by atoms with Gasteiger partial charge in [-0.3, -0.25) is 4.79 Å². The minimum Gasteiger partial charge on any atom is -0.293 e. The number of Topliss-reactive ketones (excluding diaryl/α,β-unsaturated/α-hetero) is 1. The lowest BCUT2D eigenvalue weighted by Gasteiger charge is -1.93. The summed E-state index contributed by atoms with van der Waals surface area (Å²) in [7, 11) is 0. The molecule has 0 amide bonds. The normalized spacial score (nSPS) is 9.27. The van der Waals surface area contributed by atoms with Crippen molar-refractivity contribution in [3.05, 3.63) is 23.8 Å². The van der Waals surface area contributed by atoms with Gasteiger partial charge in [0.25, 0.3) is 0 Å². The summed E-state index contributed by atoms with van der Waals surface area (Å²) in [6.07, 6.45) is 5.16. The van der Waals surface area contributed by atoms with Crippen molar-refractivity contribution in [2.75, 3.05) is 0 Å². The van der Waals surface area contributed by atoms with Gasteiger partial charge in [0.1, 0.15) is 0 Å². The first-order chi connectivity index (χ1) is 7.26. The highest BCUT2D eigenvalue weighted by atomic mass is 16.1. The fraction of sp³-hybridized carbons (Fsp3) is 0.538. The lowest BCUT2D eigenvalue weighted by Crippen LogP contribution is -1.97. The van der Waals surface area contributed by atoms with Crippen molar-refractivity contribution >= 4 is 5.78 Å². The summed E-state index contributed by atoms with van der Waals surface area (Å²) in [6, 6.07) is 1.82. The number of nitrogens with zero attached hydrogens (tertiary/aromatic N) is 1. The van der Waals surface area contributed by atoms with Crippen LogP contribution in [0.2, 0.25) is 0 Å². The molecule has 0 radical (unpaired) electrons. The third-order valence-corrected chi connectivity index (χ3v) is 1.22. The largest absolute Gasteiger partial charge is 0.293 e. The van der Waals surface area contributed by atoms with Gasteiger partial charge in [-0.25, -0.2) is 0 Å². The highest BCUT2D eigenvalue weighted by molar-refractivity contribution is 5.99. The van der Waals surface area contributed by atoms with Gasteiger partial charge in [0, 0.05) is 5.57 Å². The fourth-order valence-corrected chi connectivity index (χ4v) is 0.704. The number of carbonyl (C=O) groups is 1. The summed E-state index contributed by atoms with van der Waals surface area (Å²) in [5, 5.41) is 8.23. The van der Waals surface area contributed by atoms with E-state index in [-0.39, 0.29) is 12.2 Å². The van der Waals surface area contributed by atoms with Gasteiger partial charge in [-0.1, -0.05) is 45.9 Å². The summed E-state index contributed by atoms with van der Waals surface area (Å²) in [5.74, 6) is -0.117. The molecule has 86 valence electrons. The smallest absolute Gasteiger partial charge is 0.176 e. The van der Waals surface area contributed by atoms with Gasteiger partial charge in [0.2, 0.25) is 0 Å². The minimum atomic E-state index is -0.117. The zero-order valence-corrected chi connectivity index (χ0v) is 10.8. The van der Waals surface area contributed by atoms with E-state index in [2.05, 4.69) is 0 Å². The van der Waals surface area contributed by atoms with E-state index in [0.717, 1.165) is 0 Å². The Morgan fingerprint density at radius 3 is 1.93 bits per heavy atom. The molecule has 15 heavy (non-hydrogen) atoms. The Labute approximate surface area is 94.3 Å². The molecule has 0 aromatic rings. The quantitative estimate of drug-likeness (QED) is 0.520. The van der Waals surface area contributed by atoms with Crippen LogP contribution in [0.15, 0.2) is 23.8 Å². The van der Waals surface area contributed by atoms with Crippen LogP contribution < -0.4 is 0 Å². The van der Waals surface area contributed by atoms with Crippen LogP contribution in [0, 0.1) is 11.3 Å². The third kappa shape index (κ3) is 12.6. The molecule has 0 unspecified atom stereocenters. The second-order valence-electron chi connectivity index (χ2n) is 2.00. The van der Waals surface area contributed by atoms with Crippen LogP contribution in [0.4, 0.5) is 0 Å². The number of hydrogen-bond donors (Lipinski definition) is 0. The lowest BCUT2D eigenvalue weighted by atomic mass is 10.1. The van der Waals surface area contributed by atoms with Gasteiger partial charge in [-0.15, -0.1) is 0 Å². The second kappa shape index (κ2) is 18.4. The molecule has 0 aromatic heterocycles. The summed E-state index contributed by atoms with van der Waals surface area (Å²) >= 11 is 0. The van der Waals surface area contributed by atoms with Gasteiger partial charge in [0.05, 0.1) is 12.5 Å². The van der Waals surface area contributed by atoms with Crippen molar-refractivity contribution in [3.63, 3.8) is 0 Å². The first-order valence-electron chi connectivity index (χ1n) is 5.45. The Balaban J connectivity index is -0.000000318. The van der Waals surface area contributed by atoms with Crippen LogP contribution in [-0.2, 0) is 4.79 Å². The maximum Gasteiger partial charge on any atom is 0.176 e. The number of hydrogen-bond acceptors (Lipinski definition) is 2. The summed E-state index contributed by atoms with van der Waals surface area (Å²) in [5.41, 5.74) is 0.606. The topological polar surface area (TPSA) is 40.9 Å². The highest BCUT2D eigenvalue weighted by Gasteiger charge is 2.02. The Kier molecular flexibility index (Phi) is 23.7. The number of ketones is 1. The molecule has 0 saturated heterocycles. The third-order valence-electron chi connectivity index (χ3n) is 1.22. The standard InChI is InChI=1S/C9H11NO.2C2H6/c1-3-5-8(4-2)9(11)6-7-10;2*1-2/h3-5H,6H2,1-2H3;2*1-2H3/b5-3-,8-4+;;. The molecule has 0 atom stereocenters. The van der Waals surface area contributed by atoms with E-state index in [0.29, 0.717) is 5.57 Å². The summed E-state index contributed by atoms with van der Waals surface area (Å²) in [6.45, 7) is 11.6. The lowest BCUT2D eigenvalue weighted by molar-refractivity contribution is -0.114. The zero-order valence-electron chi connectivity index (χ0n) is 10.8. The van der Waals surface area contributed by atoms with Gasteiger partial charge >= 0.3 is 0 Å². The maximum absolute atomic E-state index is 11.0. The van der Waals surface area contributed by atoms with Crippen LogP contribution in [0.3, 0.4) is 0 Å². The molecule has 0 bridgehead atoms. The second-order valence-corrected chi connectivity index (χ2v) is 2.00. The van der Waals surface area contributed by atoms with E-state index in [9.17, 15) is 4.79 Å². The molecule has 0 aliphatic rings. The van der Waals surface area contributed by atoms with E-state index in [1.807, 2.05) is 40.7 Å². The summed E-state index contributed by atoms with van der Waals surface area (Å²) in [4.78, 5) is 11.0. The Morgan fingerprint density at radius 2 is 1.67 bits per heavy atom. The fourth-order valence-electron chi connectivity index (χ4n) is 0.704. The molecule has 0 spiro atoms. The highest BCUT2D eigenvalue weighted by Crippen LogP contribution is 2.01. The van der Waals surface area contributed by atoms with E-state index < -0.39 is 0 Å². The van der Waals surface area contributed by atoms with Crippen molar-refractivity contribution in [3.8, 4) is 6.07 Å². The van der Waals surface area contributed by atoms with Crippen LogP contribution in [0.1, 0.15) is 48.0 Å². The Bertz CT molecular complexity index is 231. The van der Waals surface area contributed by atoms with Gasteiger partial charge in [-0.05, 0) is 13.8 Å². The Morgan fingerprint density at radius 1 is 1.20 bits per heavy atom. The molecule has 2 nitrogen and oxygen atoms in total. The first kappa shape index (κ1) is 19.2. The molecular weight excluding hydrogens is 186 g/mol. The molecule has 0 rings (SSSR count). The van der Waals surface area contributed by atoms with Crippen molar-refractivity contribution in [2.24, 2.45) is 0 Å². The van der Waals surface area contributed by atoms with Crippen LogP contribution >= 0.6 is 0 Å². The SMILES string of the molecule is C/C=C\C(=C/C)C(=O)CC#N.CC.CC. The average Bonchev–Trinajstić information content (AvgIpc) is 2.31. The molecule has 0 fully saturated rings. The predicted octanol–water partition coefficient (Wildman–Crippen LogP) is 4.04. The molecule has 0 aliphatic heterocycles. The van der Waals surface area contributed by atoms with E-state index in [1.165, 1.54) is 0 Å². The summed E-state index contributed by atoms with van der Waals surface area (Å²) < 4.78 is 0. The maximum atomic E-state index is 11.0. The number of nitriles is 1. The van der Waals surface area contributed by atoms with Gasteiger partial charge < -0.3 is 0 Å². The van der Waals surface area contributed by atoms with Crippen LogP contribution in [0.5, 0.6) is 0 Å². The van der Waals surface area contributed by atoms with Crippen molar-refractivity contribution < 1.29 is 4.79 Å². The van der Waals surface area contributed by atoms with Crippen LogP contribution in [-0.4, -0.2) is 5.78 Å². The number of carbonyl (C=O) groups excluding carboxylic acids is 1. The van der Waals surface area contributed by atoms with Crippen LogP contribution in [0.25, 0.3) is 0 Å². The molecule has 2 heteroatoms. The number of rotatable bonds is 3. The van der Waals surface area contributed by atoms with E-state index in [1.54, 1.807) is 25.2 Å². The van der Waals surface area contributed by atoms with Crippen molar-refractivity contribution in [1.82, 2.24) is 0 Å². The van der Waals surface area contributed by atoms with Gasteiger partial charge in [-0.2, -0.15) is 5.26 Å². The first-order valence-corrected chi connectivity index (χ1v) is 5.45. The molecule has 0 aromatic carbocycles. The Hall–Kier alpha value is -1.36. The van der Waals surface area contributed by atoms with E-state index in [4.69, 9.17) is 5.26 Å². The number of allylic oxidation sites excluding steroid dienone is 4. The monoisotopic (exact) mass is 209 g/mol. The zero-order chi connectivity index (χ0) is 12.7. The average molecular weight is 209 g/mol.